The minimum absolute atomic E-state index is 0.0452. The second-order valence-corrected chi connectivity index (χ2v) is 8.47. The predicted octanol–water partition coefficient (Wildman–Crippen LogP) is 2.52. The van der Waals surface area contributed by atoms with Crippen molar-refractivity contribution in [1.29, 1.82) is 0 Å². The van der Waals surface area contributed by atoms with Crippen molar-refractivity contribution in [3.05, 3.63) is 59.7 Å². The van der Waals surface area contributed by atoms with Crippen molar-refractivity contribution in [1.82, 2.24) is 24.1 Å². The van der Waals surface area contributed by atoms with Gasteiger partial charge in [0, 0.05) is 18.4 Å². The number of aliphatic hydroxyl groups is 2. The van der Waals surface area contributed by atoms with Crippen molar-refractivity contribution < 1.29 is 10.2 Å². The molecule has 9 nitrogen and oxygen atoms in total. The van der Waals surface area contributed by atoms with E-state index in [1.165, 1.54) is 16.7 Å². The Hall–Kier alpha value is -3.43. The van der Waals surface area contributed by atoms with Crippen LogP contribution < -0.4 is 10.2 Å². The highest BCUT2D eigenvalue weighted by atomic mass is 16.3. The lowest BCUT2D eigenvalue weighted by Gasteiger charge is -2.24. The van der Waals surface area contributed by atoms with Gasteiger partial charge in [0.15, 0.2) is 11.6 Å². The second kappa shape index (κ2) is 7.92. The van der Waals surface area contributed by atoms with Crippen LogP contribution in [0.1, 0.15) is 23.1 Å². The van der Waals surface area contributed by atoms with Gasteiger partial charge in [0.2, 0.25) is 5.95 Å². The van der Waals surface area contributed by atoms with Crippen molar-refractivity contribution in [2.45, 2.75) is 39.3 Å². The molecule has 1 aliphatic heterocycles. The minimum Gasteiger partial charge on any atom is -0.394 e. The number of hydrogen-bond acceptors (Lipinski definition) is 7. The number of aromatic nitrogens is 5. The third kappa shape index (κ3) is 3.59. The van der Waals surface area contributed by atoms with E-state index in [9.17, 15) is 10.2 Å². The predicted molar refractivity (Wildman–Crippen MR) is 123 cm³/mol. The first-order valence-corrected chi connectivity index (χ1v) is 10.7. The second-order valence-electron chi connectivity index (χ2n) is 8.47. The van der Waals surface area contributed by atoms with Crippen LogP contribution in [0.2, 0.25) is 0 Å². The minimum atomic E-state index is -0.495. The lowest BCUT2D eigenvalue weighted by Crippen LogP contribution is -2.33. The summed E-state index contributed by atoms with van der Waals surface area (Å²) in [5.74, 6) is 1.69. The van der Waals surface area contributed by atoms with E-state index in [4.69, 9.17) is 4.98 Å². The van der Waals surface area contributed by atoms with Gasteiger partial charge in [0.05, 0.1) is 24.9 Å². The summed E-state index contributed by atoms with van der Waals surface area (Å²) in [6.07, 6.45) is 5.53. The van der Waals surface area contributed by atoms with E-state index in [0.717, 1.165) is 11.2 Å². The van der Waals surface area contributed by atoms with Gasteiger partial charge in [0.25, 0.3) is 0 Å². The van der Waals surface area contributed by atoms with Crippen LogP contribution in [-0.2, 0) is 0 Å². The van der Waals surface area contributed by atoms with Gasteiger partial charge in [-0.15, -0.1) is 5.10 Å². The molecule has 1 fully saturated rings. The maximum Gasteiger partial charge on any atom is 0.248 e. The maximum atomic E-state index is 10.1. The van der Waals surface area contributed by atoms with Gasteiger partial charge in [-0.2, -0.15) is 4.98 Å². The first-order valence-electron chi connectivity index (χ1n) is 10.7. The Kier molecular flexibility index (Phi) is 5.07. The number of rotatable bonds is 5. The molecule has 5 rings (SSSR count). The Morgan fingerprint density at radius 3 is 2.72 bits per heavy atom. The number of nitrogens with one attached hydrogen (secondary N) is 1. The van der Waals surface area contributed by atoms with Crippen LogP contribution in [0.5, 0.6) is 0 Å². The van der Waals surface area contributed by atoms with Crippen LogP contribution >= 0.6 is 0 Å². The lowest BCUT2D eigenvalue weighted by atomic mass is 10.0. The average molecular weight is 434 g/mol. The van der Waals surface area contributed by atoms with Crippen molar-refractivity contribution in [2.75, 3.05) is 23.4 Å². The number of imidazole rings is 1. The van der Waals surface area contributed by atoms with Gasteiger partial charge in [0.1, 0.15) is 11.8 Å². The standard InChI is InChI=1S/C23H27N7O2/c1-14-7-17(8-15(2)16(14)3)28-11-21(24-13-28)25-23-26-22(20-5-4-6-30(20)27-23)29-10-19(32)9-18(29)12-31/h4-8,11,13,18-19,31-32H,9-10,12H2,1-3H3,(H,25,27)/t18-,19+/m0/s1. The topological polar surface area (TPSA) is 104 Å². The third-order valence-electron chi connectivity index (χ3n) is 6.28. The number of aliphatic hydroxyl groups excluding tert-OH is 2. The molecule has 1 aromatic carbocycles. The summed E-state index contributed by atoms with van der Waals surface area (Å²) in [6.45, 7) is 6.72. The fourth-order valence-electron chi connectivity index (χ4n) is 4.31. The summed E-state index contributed by atoms with van der Waals surface area (Å²) < 4.78 is 3.71. The Morgan fingerprint density at radius 2 is 1.97 bits per heavy atom. The number of hydrogen-bond donors (Lipinski definition) is 3. The molecular formula is C23H27N7O2. The molecule has 0 radical (unpaired) electrons. The van der Waals surface area contributed by atoms with Crippen LogP contribution in [0, 0.1) is 20.8 Å². The van der Waals surface area contributed by atoms with Crippen LogP contribution in [0.3, 0.4) is 0 Å². The molecule has 0 amide bonds. The summed E-state index contributed by atoms with van der Waals surface area (Å²) in [5.41, 5.74) is 5.63. The monoisotopic (exact) mass is 433 g/mol. The van der Waals surface area contributed by atoms with Gasteiger partial charge in [-0.05, 0) is 68.1 Å². The zero-order valence-electron chi connectivity index (χ0n) is 18.4. The molecule has 3 N–H and O–H groups in total. The number of β-amino-alcohol motifs (C(OH)–C–C–N with tert-alkyl or cyclic N) is 1. The Bertz CT molecular complexity index is 1260. The van der Waals surface area contributed by atoms with Gasteiger partial charge in [-0.1, -0.05) is 0 Å². The summed E-state index contributed by atoms with van der Waals surface area (Å²) in [7, 11) is 0. The van der Waals surface area contributed by atoms with Gasteiger partial charge in [-0.25, -0.2) is 9.50 Å². The molecule has 0 unspecified atom stereocenters. The molecular weight excluding hydrogens is 406 g/mol. The maximum absolute atomic E-state index is 10.1. The molecule has 166 valence electrons. The lowest BCUT2D eigenvalue weighted by molar-refractivity contribution is 0.184. The average Bonchev–Trinajstić information content (AvgIpc) is 3.50. The molecule has 4 heterocycles. The summed E-state index contributed by atoms with van der Waals surface area (Å²) in [5, 5.41) is 27.6. The molecule has 4 aromatic rings. The largest absolute Gasteiger partial charge is 0.394 e. The van der Waals surface area contributed by atoms with Crippen LogP contribution in [0.4, 0.5) is 17.6 Å². The van der Waals surface area contributed by atoms with Crippen LogP contribution in [0.15, 0.2) is 43.0 Å². The summed E-state index contributed by atoms with van der Waals surface area (Å²) in [6, 6.07) is 7.92. The van der Waals surface area contributed by atoms with E-state index in [2.05, 4.69) is 48.3 Å². The molecule has 2 atom stereocenters. The molecule has 1 aliphatic rings. The molecule has 0 aliphatic carbocycles. The molecule has 3 aromatic heterocycles. The van der Waals surface area contributed by atoms with Crippen LogP contribution in [0.25, 0.3) is 11.2 Å². The zero-order chi connectivity index (χ0) is 22.4. The van der Waals surface area contributed by atoms with E-state index < -0.39 is 6.10 Å². The van der Waals surface area contributed by atoms with Crippen molar-refractivity contribution in [3.63, 3.8) is 0 Å². The number of nitrogens with zero attached hydrogens (tertiary/aromatic N) is 6. The SMILES string of the molecule is Cc1cc(-n2cnc(Nc3nc(N4C[C@H](O)C[C@H]4CO)c4cccn4n3)c2)cc(C)c1C. The fourth-order valence-corrected chi connectivity index (χ4v) is 4.31. The fraction of sp³-hybridized carbons (Fsp3) is 0.348. The number of anilines is 3. The van der Waals surface area contributed by atoms with E-state index in [1.807, 2.05) is 34.0 Å². The van der Waals surface area contributed by atoms with Crippen molar-refractivity contribution in [3.8, 4) is 5.69 Å². The molecule has 1 saturated heterocycles. The number of fused-ring (bicyclic) bond motifs is 1. The Balaban J connectivity index is 1.47. The summed E-state index contributed by atoms with van der Waals surface area (Å²) in [4.78, 5) is 11.1. The smallest absolute Gasteiger partial charge is 0.248 e. The van der Waals surface area contributed by atoms with E-state index in [1.54, 1.807) is 10.8 Å². The molecule has 9 heteroatoms. The third-order valence-corrected chi connectivity index (χ3v) is 6.28. The highest BCUT2D eigenvalue weighted by Crippen LogP contribution is 2.29. The molecule has 32 heavy (non-hydrogen) atoms. The van der Waals surface area contributed by atoms with Gasteiger partial charge >= 0.3 is 0 Å². The molecule has 0 spiro atoms. The van der Waals surface area contributed by atoms with Gasteiger partial charge < -0.3 is 25.0 Å². The van der Waals surface area contributed by atoms with Crippen LogP contribution in [-0.4, -0.2) is 59.7 Å². The van der Waals surface area contributed by atoms with E-state index in [-0.39, 0.29) is 12.6 Å². The first-order chi connectivity index (χ1) is 15.4. The van der Waals surface area contributed by atoms with Crippen molar-refractivity contribution >= 4 is 23.1 Å². The van der Waals surface area contributed by atoms with Gasteiger partial charge in [-0.3, -0.25) is 0 Å². The highest BCUT2D eigenvalue weighted by molar-refractivity contribution is 5.71. The zero-order valence-corrected chi connectivity index (χ0v) is 18.4. The quantitative estimate of drug-likeness (QED) is 0.444. The normalized spacial score (nSPS) is 18.6. The summed E-state index contributed by atoms with van der Waals surface area (Å²) >= 11 is 0. The number of benzene rings is 1. The first kappa shape index (κ1) is 20.5. The van der Waals surface area contributed by atoms with E-state index in [0.29, 0.717) is 30.5 Å². The molecule has 0 bridgehead atoms. The molecule has 0 saturated carbocycles. The Morgan fingerprint density at radius 1 is 1.19 bits per heavy atom. The van der Waals surface area contributed by atoms with Crippen molar-refractivity contribution in [2.24, 2.45) is 0 Å². The van der Waals surface area contributed by atoms with E-state index >= 15 is 0 Å². The number of aryl methyl sites for hydroxylation is 2. The Labute approximate surface area is 186 Å². The highest BCUT2D eigenvalue weighted by Gasteiger charge is 2.33.